The van der Waals surface area contributed by atoms with E-state index in [0.717, 1.165) is 16.4 Å². The zero-order valence-electron chi connectivity index (χ0n) is 13.8. The van der Waals surface area contributed by atoms with Crippen LogP contribution in [0.15, 0.2) is 60.7 Å². The van der Waals surface area contributed by atoms with Crippen molar-refractivity contribution in [3.63, 3.8) is 0 Å². The molecule has 1 heterocycles. The SMILES string of the molecule is CC(C)(C)[N+]1=C(Nc2ccccc2)SC[C@]1(O)c1ccccc1. The summed E-state index contributed by atoms with van der Waals surface area (Å²) >= 11 is 1.66. The lowest BCUT2D eigenvalue weighted by Crippen LogP contribution is -2.49. The summed E-state index contributed by atoms with van der Waals surface area (Å²) in [6.07, 6.45) is 0. The van der Waals surface area contributed by atoms with E-state index in [2.05, 4.69) is 30.7 Å². The first-order chi connectivity index (χ1) is 10.9. The fourth-order valence-electron chi connectivity index (χ4n) is 2.98. The minimum Gasteiger partial charge on any atom is -0.349 e. The predicted molar refractivity (Wildman–Crippen MR) is 97.9 cm³/mol. The zero-order chi connectivity index (χ0) is 16.5. The fraction of sp³-hybridized carbons (Fsp3) is 0.316. The largest absolute Gasteiger partial charge is 0.349 e. The molecule has 2 N–H and O–H groups in total. The minimum atomic E-state index is -1.01. The Kier molecular flexibility index (Phi) is 4.21. The Labute approximate surface area is 142 Å². The van der Waals surface area contributed by atoms with Crippen LogP contribution in [0.5, 0.6) is 0 Å². The van der Waals surface area contributed by atoms with Gasteiger partial charge >= 0.3 is 5.17 Å². The summed E-state index contributed by atoms with van der Waals surface area (Å²) in [5, 5.41) is 15.9. The molecular weight excluding hydrogens is 304 g/mol. The van der Waals surface area contributed by atoms with Gasteiger partial charge in [0.15, 0.2) is 0 Å². The van der Waals surface area contributed by atoms with Gasteiger partial charge in [-0.25, -0.2) is 9.89 Å². The molecule has 0 fully saturated rings. The highest BCUT2D eigenvalue weighted by atomic mass is 32.2. The van der Waals surface area contributed by atoms with Crippen LogP contribution in [0.25, 0.3) is 0 Å². The van der Waals surface area contributed by atoms with Crippen molar-refractivity contribution in [3.8, 4) is 0 Å². The lowest BCUT2D eigenvalue weighted by Gasteiger charge is -2.32. The summed E-state index contributed by atoms with van der Waals surface area (Å²) in [5.41, 5.74) is 0.723. The monoisotopic (exact) mass is 327 g/mol. The van der Waals surface area contributed by atoms with Crippen molar-refractivity contribution in [1.29, 1.82) is 0 Å². The van der Waals surface area contributed by atoms with Gasteiger partial charge in [0.1, 0.15) is 11.2 Å². The Balaban J connectivity index is 2.06. The molecule has 3 rings (SSSR count). The molecular formula is C19H23N2OS+. The summed E-state index contributed by atoms with van der Waals surface area (Å²) in [5.74, 6) is 0.601. The van der Waals surface area contributed by atoms with Crippen LogP contribution in [0.1, 0.15) is 26.3 Å². The van der Waals surface area contributed by atoms with Crippen LogP contribution in [0.4, 0.5) is 5.69 Å². The summed E-state index contributed by atoms with van der Waals surface area (Å²) in [7, 11) is 0. The molecule has 0 radical (unpaired) electrons. The molecule has 23 heavy (non-hydrogen) atoms. The van der Waals surface area contributed by atoms with E-state index >= 15 is 0 Å². The second-order valence-corrected chi connectivity index (χ2v) is 7.74. The van der Waals surface area contributed by atoms with E-state index in [1.165, 1.54) is 0 Å². The Morgan fingerprint density at radius 2 is 1.57 bits per heavy atom. The quantitative estimate of drug-likeness (QED) is 0.822. The van der Waals surface area contributed by atoms with Crippen LogP contribution in [-0.4, -0.2) is 26.1 Å². The average Bonchev–Trinajstić information content (AvgIpc) is 2.87. The molecule has 0 bridgehead atoms. The third-order valence-corrected chi connectivity index (χ3v) is 5.02. The molecule has 1 aliphatic rings. The maximum absolute atomic E-state index is 11.5. The van der Waals surface area contributed by atoms with Crippen LogP contribution in [-0.2, 0) is 5.72 Å². The van der Waals surface area contributed by atoms with Crippen molar-refractivity contribution >= 4 is 22.6 Å². The molecule has 0 saturated heterocycles. The summed E-state index contributed by atoms with van der Waals surface area (Å²) in [6.45, 7) is 6.37. The van der Waals surface area contributed by atoms with E-state index < -0.39 is 5.72 Å². The smallest absolute Gasteiger partial charge is 0.314 e. The van der Waals surface area contributed by atoms with Crippen LogP contribution < -0.4 is 5.32 Å². The van der Waals surface area contributed by atoms with E-state index in [4.69, 9.17) is 0 Å². The van der Waals surface area contributed by atoms with Crippen LogP contribution >= 0.6 is 11.8 Å². The van der Waals surface area contributed by atoms with Crippen LogP contribution in [0.2, 0.25) is 0 Å². The summed E-state index contributed by atoms with van der Waals surface area (Å²) in [4.78, 5) is 0. The highest BCUT2D eigenvalue weighted by Crippen LogP contribution is 2.38. The van der Waals surface area contributed by atoms with Crippen LogP contribution in [0.3, 0.4) is 0 Å². The summed E-state index contributed by atoms with van der Waals surface area (Å²) < 4.78 is 2.09. The van der Waals surface area contributed by atoms with Gasteiger partial charge < -0.3 is 5.11 Å². The summed E-state index contributed by atoms with van der Waals surface area (Å²) in [6, 6.07) is 20.0. The molecule has 0 spiro atoms. The molecule has 0 aromatic heterocycles. The number of aliphatic hydroxyl groups is 1. The third-order valence-electron chi connectivity index (χ3n) is 3.92. The number of nitrogens with one attached hydrogen (secondary N) is 1. The first kappa shape index (κ1) is 16.1. The second kappa shape index (κ2) is 6.02. The van der Waals surface area contributed by atoms with E-state index in [1.807, 2.05) is 60.7 Å². The zero-order valence-corrected chi connectivity index (χ0v) is 14.6. The maximum Gasteiger partial charge on any atom is 0.314 e. The molecule has 3 nitrogen and oxygen atoms in total. The number of anilines is 1. The van der Waals surface area contributed by atoms with Gasteiger partial charge in [0, 0.05) is 5.56 Å². The lowest BCUT2D eigenvalue weighted by molar-refractivity contribution is -0.708. The van der Waals surface area contributed by atoms with Crippen molar-refractivity contribution in [2.75, 3.05) is 11.1 Å². The van der Waals surface area contributed by atoms with Crippen molar-refractivity contribution < 1.29 is 9.68 Å². The standard InChI is InChI=1S/C19H22N2OS/c1-18(2,3)21-17(20-16-12-8-5-9-13-16)23-14-19(21,22)15-10-6-4-7-11-15/h4-13,22H,14H2,1-3H3/p+1/t19-/m0/s1. The number of nitrogens with zero attached hydrogens (tertiary/aromatic N) is 1. The Bertz CT molecular complexity index is 707. The van der Waals surface area contributed by atoms with Gasteiger partial charge in [-0.15, -0.1) is 0 Å². The van der Waals surface area contributed by atoms with E-state index in [1.54, 1.807) is 11.8 Å². The normalized spacial score (nSPS) is 21.6. The molecule has 2 aromatic carbocycles. The molecule has 0 saturated carbocycles. The molecule has 120 valence electrons. The molecule has 1 aliphatic heterocycles. The second-order valence-electron chi connectivity index (χ2n) is 6.77. The Hall–Kier alpha value is -1.78. The van der Waals surface area contributed by atoms with E-state index in [-0.39, 0.29) is 5.54 Å². The number of hydrogen-bond acceptors (Lipinski definition) is 3. The van der Waals surface area contributed by atoms with Gasteiger partial charge in [0.05, 0.1) is 5.75 Å². The van der Waals surface area contributed by atoms with Gasteiger partial charge in [-0.05, 0) is 44.7 Å². The average molecular weight is 327 g/mol. The fourth-order valence-corrected chi connectivity index (χ4v) is 4.36. The first-order valence-electron chi connectivity index (χ1n) is 7.81. The number of amidine groups is 1. The van der Waals surface area contributed by atoms with E-state index in [0.29, 0.717) is 5.75 Å². The molecule has 0 aliphatic carbocycles. The molecule has 4 heteroatoms. The van der Waals surface area contributed by atoms with Gasteiger partial charge in [-0.3, -0.25) is 0 Å². The number of benzene rings is 2. The molecule has 1 atom stereocenters. The Morgan fingerprint density at radius 1 is 1.00 bits per heavy atom. The number of thioether (sulfide) groups is 1. The molecule has 0 amide bonds. The highest BCUT2D eigenvalue weighted by molar-refractivity contribution is 8.14. The van der Waals surface area contributed by atoms with Crippen LogP contribution in [0, 0.1) is 0 Å². The van der Waals surface area contributed by atoms with E-state index in [9.17, 15) is 5.11 Å². The Morgan fingerprint density at radius 3 is 2.13 bits per heavy atom. The molecule has 2 aromatic rings. The maximum atomic E-state index is 11.5. The van der Waals surface area contributed by atoms with Crippen molar-refractivity contribution in [3.05, 3.63) is 66.2 Å². The minimum absolute atomic E-state index is 0.217. The number of para-hydroxylation sites is 1. The third kappa shape index (κ3) is 3.14. The number of rotatable bonds is 2. The topological polar surface area (TPSA) is 35.3 Å². The van der Waals surface area contributed by atoms with Crippen molar-refractivity contribution in [2.24, 2.45) is 0 Å². The van der Waals surface area contributed by atoms with Gasteiger partial charge in [-0.1, -0.05) is 48.5 Å². The highest BCUT2D eigenvalue weighted by Gasteiger charge is 2.50. The van der Waals surface area contributed by atoms with Gasteiger partial charge in [0.2, 0.25) is 5.72 Å². The lowest BCUT2D eigenvalue weighted by atomic mass is 9.98. The predicted octanol–water partition coefficient (Wildman–Crippen LogP) is 3.86. The molecule has 0 unspecified atom stereocenters. The number of hydrogen-bond donors (Lipinski definition) is 2. The van der Waals surface area contributed by atoms with Gasteiger partial charge in [-0.2, -0.15) is 0 Å². The van der Waals surface area contributed by atoms with Crippen molar-refractivity contribution in [2.45, 2.75) is 32.0 Å². The van der Waals surface area contributed by atoms with Crippen molar-refractivity contribution in [1.82, 2.24) is 0 Å². The first-order valence-corrected chi connectivity index (χ1v) is 8.80. The van der Waals surface area contributed by atoms with Gasteiger partial charge in [0.25, 0.3) is 0 Å².